The van der Waals surface area contributed by atoms with Crippen LogP contribution < -0.4 is 5.32 Å². The third-order valence-corrected chi connectivity index (χ3v) is 4.09. The van der Waals surface area contributed by atoms with E-state index in [1.807, 2.05) is 42.6 Å². The summed E-state index contributed by atoms with van der Waals surface area (Å²) in [4.78, 5) is 16.9. The highest BCUT2D eigenvalue weighted by Crippen LogP contribution is 2.19. The Labute approximate surface area is 132 Å². The van der Waals surface area contributed by atoms with Gasteiger partial charge in [-0.1, -0.05) is 35.5 Å². The van der Waals surface area contributed by atoms with Gasteiger partial charge < -0.3 is 9.84 Å². The number of hydrogen-bond donors (Lipinski definition) is 1. The summed E-state index contributed by atoms with van der Waals surface area (Å²) in [5.74, 6) is 1.02. The summed E-state index contributed by atoms with van der Waals surface area (Å²) < 4.78 is 5.24. The minimum atomic E-state index is -0.0753. The van der Waals surface area contributed by atoms with Crippen LogP contribution in [0, 0.1) is 6.92 Å². The Kier molecular flexibility index (Phi) is 4.29. The molecule has 1 aromatic carbocycles. The van der Waals surface area contributed by atoms with Crippen molar-refractivity contribution in [2.75, 3.05) is 6.54 Å². The molecule has 2 aromatic heterocycles. The fourth-order valence-electron chi connectivity index (χ4n) is 2.07. The first kappa shape index (κ1) is 14.5. The molecule has 3 rings (SSSR count). The number of aryl methyl sites for hydroxylation is 1. The summed E-state index contributed by atoms with van der Waals surface area (Å²) in [5, 5.41) is 8.71. The second kappa shape index (κ2) is 6.53. The van der Waals surface area contributed by atoms with E-state index in [-0.39, 0.29) is 5.91 Å². The van der Waals surface area contributed by atoms with Gasteiger partial charge in [-0.05, 0) is 23.9 Å². The standard InChI is InChI=1S/C16H15N3O2S/c1-11-5-2-3-6-12(11)15-18-14(21-19-15)8-9-17-16(20)13-7-4-10-22-13/h2-7,10H,8-9H2,1H3,(H,17,20). The predicted molar refractivity (Wildman–Crippen MR) is 84.8 cm³/mol. The van der Waals surface area contributed by atoms with Gasteiger partial charge in [0.25, 0.3) is 5.91 Å². The zero-order valence-corrected chi connectivity index (χ0v) is 12.9. The minimum absolute atomic E-state index is 0.0753. The highest BCUT2D eigenvalue weighted by atomic mass is 32.1. The molecule has 0 aliphatic heterocycles. The lowest BCUT2D eigenvalue weighted by Gasteiger charge is -2.00. The van der Waals surface area contributed by atoms with Crippen LogP contribution >= 0.6 is 11.3 Å². The van der Waals surface area contributed by atoms with Gasteiger partial charge in [-0.25, -0.2) is 0 Å². The molecule has 22 heavy (non-hydrogen) atoms. The highest BCUT2D eigenvalue weighted by molar-refractivity contribution is 7.12. The van der Waals surface area contributed by atoms with E-state index in [1.54, 1.807) is 6.07 Å². The highest BCUT2D eigenvalue weighted by Gasteiger charge is 2.11. The first-order chi connectivity index (χ1) is 10.7. The largest absolute Gasteiger partial charge is 0.351 e. The SMILES string of the molecule is Cc1ccccc1-c1noc(CCNC(=O)c2cccs2)n1. The first-order valence-corrected chi connectivity index (χ1v) is 7.82. The molecule has 0 aliphatic rings. The maximum absolute atomic E-state index is 11.8. The Morgan fingerprint density at radius 1 is 1.27 bits per heavy atom. The van der Waals surface area contributed by atoms with Gasteiger partial charge in [-0.2, -0.15) is 4.98 Å². The van der Waals surface area contributed by atoms with Gasteiger partial charge in [0.2, 0.25) is 11.7 Å². The maximum atomic E-state index is 11.8. The molecule has 0 saturated heterocycles. The van der Waals surface area contributed by atoms with Crippen LogP contribution in [0.25, 0.3) is 11.4 Å². The van der Waals surface area contributed by atoms with Gasteiger partial charge in [0, 0.05) is 18.5 Å². The molecule has 6 heteroatoms. The van der Waals surface area contributed by atoms with Crippen LogP contribution in [-0.4, -0.2) is 22.6 Å². The first-order valence-electron chi connectivity index (χ1n) is 6.94. The van der Waals surface area contributed by atoms with Crippen molar-refractivity contribution in [1.29, 1.82) is 0 Å². The number of benzene rings is 1. The van der Waals surface area contributed by atoms with Gasteiger partial charge in [0.1, 0.15) is 0 Å². The van der Waals surface area contributed by atoms with Crippen molar-refractivity contribution in [2.24, 2.45) is 0 Å². The molecule has 0 fully saturated rings. The summed E-state index contributed by atoms with van der Waals surface area (Å²) in [7, 11) is 0. The van der Waals surface area contributed by atoms with Crippen LogP contribution in [0.4, 0.5) is 0 Å². The lowest BCUT2D eigenvalue weighted by molar-refractivity contribution is 0.0957. The normalized spacial score (nSPS) is 10.6. The smallest absolute Gasteiger partial charge is 0.261 e. The minimum Gasteiger partial charge on any atom is -0.351 e. The summed E-state index contributed by atoms with van der Waals surface area (Å²) in [6.45, 7) is 2.47. The zero-order valence-electron chi connectivity index (χ0n) is 12.1. The van der Waals surface area contributed by atoms with Crippen molar-refractivity contribution in [1.82, 2.24) is 15.5 Å². The van der Waals surface area contributed by atoms with Crippen molar-refractivity contribution in [3.8, 4) is 11.4 Å². The third kappa shape index (κ3) is 3.23. The number of hydrogen-bond acceptors (Lipinski definition) is 5. The molecular formula is C16H15N3O2S. The molecule has 1 amide bonds. The molecule has 0 bridgehead atoms. The van der Waals surface area contributed by atoms with Crippen LogP contribution in [0.2, 0.25) is 0 Å². The van der Waals surface area contributed by atoms with E-state index in [0.717, 1.165) is 11.1 Å². The van der Waals surface area contributed by atoms with Crippen LogP contribution in [0.15, 0.2) is 46.3 Å². The summed E-state index contributed by atoms with van der Waals surface area (Å²) >= 11 is 1.42. The van der Waals surface area contributed by atoms with E-state index in [2.05, 4.69) is 15.5 Å². The molecule has 0 atom stereocenters. The molecule has 3 aromatic rings. The fourth-order valence-corrected chi connectivity index (χ4v) is 2.71. The number of nitrogens with zero attached hydrogens (tertiary/aromatic N) is 2. The Hall–Kier alpha value is -2.47. The molecule has 0 saturated carbocycles. The Bertz CT molecular complexity index is 765. The van der Waals surface area contributed by atoms with Crippen LogP contribution in [0.1, 0.15) is 21.1 Å². The summed E-state index contributed by atoms with van der Waals surface area (Å²) in [5.41, 5.74) is 2.06. The number of carbonyl (C=O) groups is 1. The quantitative estimate of drug-likeness (QED) is 0.786. The fraction of sp³-hybridized carbons (Fsp3) is 0.188. The van der Waals surface area contributed by atoms with Gasteiger partial charge in [0.05, 0.1) is 4.88 Å². The van der Waals surface area contributed by atoms with E-state index >= 15 is 0 Å². The maximum Gasteiger partial charge on any atom is 0.261 e. The van der Waals surface area contributed by atoms with Gasteiger partial charge in [-0.3, -0.25) is 4.79 Å². The van der Waals surface area contributed by atoms with Crippen molar-refractivity contribution < 1.29 is 9.32 Å². The number of rotatable bonds is 5. The van der Waals surface area contributed by atoms with Crippen molar-refractivity contribution in [2.45, 2.75) is 13.3 Å². The summed E-state index contributed by atoms with van der Waals surface area (Å²) in [6.07, 6.45) is 0.510. The molecule has 112 valence electrons. The molecular weight excluding hydrogens is 298 g/mol. The van der Waals surface area contributed by atoms with E-state index in [9.17, 15) is 4.79 Å². The Morgan fingerprint density at radius 2 is 2.14 bits per heavy atom. The second-order valence-electron chi connectivity index (χ2n) is 4.81. The number of aromatic nitrogens is 2. The lowest BCUT2D eigenvalue weighted by Crippen LogP contribution is -2.24. The van der Waals surface area contributed by atoms with E-state index in [0.29, 0.717) is 29.6 Å². The van der Waals surface area contributed by atoms with E-state index < -0.39 is 0 Å². The van der Waals surface area contributed by atoms with Crippen LogP contribution in [0.5, 0.6) is 0 Å². The van der Waals surface area contributed by atoms with Crippen molar-refractivity contribution >= 4 is 17.2 Å². The Balaban J connectivity index is 1.58. The van der Waals surface area contributed by atoms with E-state index in [4.69, 9.17) is 4.52 Å². The van der Waals surface area contributed by atoms with Crippen molar-refractivity contribution in [3.63, 3.8) is 0 Å². The second-order valence-corrected chi connectivity index (χ2v) is 5.76. The average molecular weight is 313 g/mol. The molecule has 0 aliphatic carbocycles. The molecule has 0 radical (unpaired) electrons. The van der Waals surface area contributed by atoms with Gasteiger partial charge in [-0.15, -0.1) is 11.3 Å². The third-order valence-electron chi connectivity index (χ3n) is 3.22. The molecule has 5 nitrogen and oxygen atoms in total. The van der Waals surface area contributed by atoms with Gasteiger partial charge >= 0.3 is 0 Å². The monoisotopic (exact) mass is 313 g/mol. The van der Waals surface area contributed by atoms with E-state index in [1.165, 1.54) is 11.3 Å². The van der Waals surface area contributed by atoms with Crippen LogP contribution in [0.3, 0.4) is 0 Å². The number of amides is 1. The zero-order chi connectivity index (χ0) is 15.4. The van der Waals surface area contributed by atoms with Crippen molar-refractivity contribution in [3.05, 3.63) is 58.1 Å². The molecule has 0 spiro atoms. The van der Waals surface area contributed by atoms with Crippen LogP contribution in [-0.2, 0) is 6.42 Å². The lowest BCUT2D eigenvalue weighted by atomic mass is 10.1. The number of carbonyl (C=O) groups excluding carboxylic acids is 1. The number of thiophene rings is 1. The number of nitrogens with one attached hydrogen (secondary N) is 1. The van der Waals surface area contributed by atoms with Gasteiger partial charge in [0.15, 0.2) is 0 Å². The topological polar surface area (TPSA) is 68.0 Å². The molecule has 1 N–H and O–H groups in total. The average Bonchev–Trinajstić information content (AvgIpc) is 3.19. The Morgan fingerprint density at radius 3 is 2.91 bits per heavy atom. The predicted octanol–water partition coefficient (Wildman–Crippen LogP) is 3.08. The molecule has 0 unspecified atom stereocenters. The summed E-state index contributed by atoms with van der Waals surface area (Å²) in [6, 6.07) is 11.5. The molecule has 2 heterocycles.